The molecule has 0 radical (unpaired) electrons. The fourth-order valence-electron chi connectivity index (χ4n) is 10.8. The van der Waals surface area contributed by atoms with E-state index in [0.29, 0.717) is 62.5 Å². The molecule has 7 aliphatic rings. The number of fused-ring (bicyclic) bond motifs is 13. The summed E-state index contributed by atoms with van der Waals surface area (Å²) in [7, 11) is 0. The SMILES string of the molecule is [2H]C12CCC([2H])(CC1)c1cc3c4cc5c(c6c7cc8c(cc7n(c3cc1C2=O)c46)C(=O)C1([2H])CCC8([2H])CC1)C(C)(C)c1cccc2cccc-5c12. The van der Waals surface area contributed by atoms with Crippen molar-refractivity contribution in [1.82, 2.24) is 4.40 Å². The summed E-state index contributed by atoms with van der Waals surface area (Å²) < 4.78 is 40.0. The van der Waals surface area contributed by atoms with Crippen LogP contribution in [0.2, 0.25) is 0 Å². The Morgan fingerprint density at radius 2 is 1.17 bits per heavy atom. The van der Waals surface area contributed by atoms with Gasteiger partial charge in [-0.15, -0.1) is 0 Å². The van der Waals surface area contributed by atoms with Crippen molar-refractivity contribution in [3.8, 4) is 11.1 Å². The van der Waals surface area contributed by atoms with Crippen LogP contribution in [0.3, 0.4) is 0 Å². The smallest absolute Gasteiger partial charge is 0.166 e. The van der Waals surface area contributed by atoms with Crippen LogP contribution in [0, 0.1) is 11.8 Å². The fourth-order valence-corrected chi connectivity index (χ4v) is 10.8. The van der Waals surface area contributed by atoms with Crippen molar-refractivity contribution in [3.05, 3.63) is 100 Å². The molecule has 0 N–H and O–H groups in total. The Kier molecular flexibility index (Phi) is 4.09. The molecule has 4 bridgehead atoms. The quantitative estimate of drug-likeness (QED) is 0.168. The van der Waals surface area contributed by atoms with Crippen LogP contribution in [0.1, 0.15) is 125 Å². The van der Waals surface area contributed by atoms with Gasteiger partial charge in [-0.25, -0.2) is 0 Å². The van der Waals surface area contributed by atoms with E-state index < -0.39 is 29.0 Å². The number of carbonyl (C=O) groups excluding carboxylic acids is 2. The van der Waals surface area contributed by atoms with Gasteiger partial charge in [-0.2, -0.15) is 0 Å². The second-order valence-corrected chi connectivity index (χ2v) is 15.6. The van der Waals surface area contributed by atoms with Crippen LogP contribution in [-0.2, 0) is 5.41 Å². The Balaban J connectivity index is 1.32. The summed E-state index contributed by atoms with van der Waals surface area (Å²) in [6.45, 7) is 4.62. The van der Waals surface area contributed by atoms with Crippen molar-refractivity contribution in [3.63, 3.8) is 0 Å². The molecule has 7 aromatic rings. The maximum atomic E-state index is 14.3. The Morgan fingerprint density at radius 3 is 1.81 bits per heavy atom. The molecule has 2 fully saturated rings. The van der Waals surface area contributed by atoms with Crippen LogP contribution in [0.15, 0.2) is 66.7 Å². The molecule has 3 heteroatoms. The average Bonchev–Trinajstić information content (AvgIpc) is 3.55. The predicted molar refractivity (Wildman–Crippen MR) is 194 cm³/mol. The zero-order valence-corrected chi connectivity index (χ0v) is 27.3. The summed E-state index contributed by atoms with van der Waals surface area (Å²) in [6.07, 6.45) is 3.54. The van der Waals surface area contributed by atoms with Gasteiger partial charge >= 0.3 is 0 Å². The van der Waals surface area contributed by atoms with Crippen molar-refractivity contribution in [2.24, 2.45) is 11.8 Å². The van der Waals surface area contributed by atoms with Crippen LogP contribution in [0.5, 0.6) is 0 Å². The molecule has 0 aliphatic heterocycles. The molecule has 48 heavy (non-hydrogen) atoms. The van der Waals surface area contributed by atoms with Gasteiger partial charge < -0.3 is 4.40 Å². The van der Waals surface area contributed by atoms with Gasteiger partial charge in [0, 0.05) is 55.4 Å². The molecule has 2 saturated carbocycles. The zero-order valence-electron chi connectivity index (χ0n) is 31.3. The number of ketones is 2. The first-order valence-corrected chi connectivity index (χ1v) is 17.8. The van der Waals surface area contributed by atoms with Gasteiger partial charge in [-0.05, 0) is 138 Å². The van der Waals surface area contributed by atoms with E-state index >= 15 is 0 Å². The van der Waals surface area contributed by atoms with Crippen LogP contribution in [0.4, 0.5) is 0 Å². The van der Waals surface area contributed by atoms with E-state index in [9.17, 15) is 15.1 Å². The molecular weight excluding hydrogens is 587 g/mol. The summed E-state index contributed by atoms with van der Waals surface area (Å²) in [5.41, 5.74) is 9.62. The minimum Gasteiger partial charge on any atom is -0.308 e. The van der Waals surface area contributed by atoms with Crippen LogP contribution in [-0.4, -0.2) is 16.0 Å². The Hall–Kier alpha value is -4.50. The zero-order chi connectivity index (χ0) is 35.5. The minimum absolute atomic E-state index is 0.184. The van der Waals surface area contributed by atoms with Gasteiger partial charge in [0.25, 0.3) is 0 Å². The number of Topliss-reactive ketones (excluding diaryl/α,β-unsaturated/α-hetero) is 2. The van der Waals surface area contributed by atoms with E-state index in [2.05, 4.69) is 72.8 Å². The number of hydrogen-bond acceptors (Lipinski definition) is 2. The molecule has 0 spiro atoms. The minimum atomic E-state index is -1.22. The van der Waals surface area contributed by atoms with Crippen molar-refractivity contribution >= 4 is 60.4 Å². The number of rotatable bonds is 0. The van der Waals surface area contributed by atoms with Gasteiger partial charge in [0.2, 0.25) is 0 Å². The molecule has 3 nitrogen and oxygen atoms in total. The third-order valence-corrected chi connectivity index (χ3v) is 13.1. The lowest BCUT2D eigenvalue weighted by Gasteiger charge is -2.36. The van der Waals surface area contributed by atoms with Crippen LogP contribution < -0.4 is 0 Å². The highest BCUT2D eigenvalue weighted by molar-refractivity contribution is 6.28. The lowest BCUT2D eigenvalue weighted by atomic mass is 9.67. The number of carbonyl (C=O) groups is 2. The number of hydrogen-bond donors (Lipinski definition) is 0. The van der Waals surface area contributed by atoms with Crippen LogP contribution in [0.25, 0.3) is 60.0 Å². The largest absolute Gasteiger partial charge is 0.308 e. The van der Waals surface area contributed by atoms with Gasteiger partial charge in [0.1, 0.15) is 0 Å². The van der Waals surface area contributed by atoms with Gasteiger partial charge in [-0.3, -0.25) is 9.59 Å². The number of aromatic nitrogens is 1. The lowest BCUT2D eigenvalue weighted by Crippen LogP contribution is -2.24. The lowest BCUT2D eigenvalue weighted by molar-refractivity contribution is 0.0891. The Morgan fingerprint density at radius 1 is 0.604 bits per heavy atom. The first-order chi connectivity index (χ1) is 24.8. The number of benzene rings is 5. The average molecular weight is 628 g/mol. The topological polar surface area (TPSA) is 38.5 Å². The molecule has 234 valence electrons. The van der Waals surface area contributed by atoms with E-state index in [-0.39, 0.29) is 11.6 Å². The van der Waals surface area contributed by atoms with E-state index in [4.69, 9.17) is 0 Å². The molecule has 0 saturated heterocycles. The summed E-state index contributed by atoms with van der Waals surface area (Å²) in [6, 6.07) is 23.6. The van der Waals surface area contributed by atoms with Crippen molar-refractivity contribution in [2.45, 2.75) is 82.4 Å². The highest BCUT2D eigenvalue weighted by Crippen LogP contribution is 2.56. The summed E-state index contributed by atoms with van der Waals surface area (Å²) >= 11 is 0. The molecule has 14 rings (SSSR count). The van der Waals surface area contributed by atoms with Crippen molar-refractivity contribution in [2.75, 3.05) is 0 Å². The normalized spacial score (nSPS) is 32.6. The summed E-state index contributed by atoms with van der Waals surface area (Å²) in [5.74, 6) is -4.66. The van der Waals surface area contributed by atoms with E-state index in [1.807, 2.05) is 12.1 Å². The highest BCUT2D eigenvalue weighted by Gasteiger charge is 2.41. The molecule has 5 aromatic carbocycles. The molecular formula is C45H37NO2. The molecule has 0 unspecified atom stereocenters. The van der Waals surface area contributed by atoms with Crippen molar-refractivity contribution in [1.29, 1.82) is 0 Å². The van der Waals surface area contributed by atoms with E-state index in [1.54, 1.807) is 0 Å². The van der Waals surface area contributed by atoms with Crippen molar-refractivity contribution < 1.29 is 15.1 Å². The molecule has 0 atom stereocenters. The summed E-state index contributed by atoms with van der Waals surface area (Å²) in [4.78, 5) is 28.6. The third kappa shape index (κ3) is 2.97. The van der Waals surface area contributed by atoms with Crippen LogP contribution >= 0.6 is 0 Å². The fraction of sp³-hybridized carbons (Fsp3) is 0.333. The maximum Gasteiger partial charge on any atom is 0.166 e. The Bertz CT molecular complexity index is 2880. The molecule has 2 aromatic heterocycles. The maximum absolute atomic E-state index is 14.3. The van der Waals surface area contributed by atoms with Gasteiger partial charge in [-0.1, -0.05) is 50.2 Å². The summed E-state index contributed by atoms with van der Waals surface area (Å²) in [5, 5.41) is 6.59. The number of nitrogens with zero attached hydrogens (tertiary/aromatic N) is 1. The Labute approximate surface area is 284 Å². The first kappa shape index (κ1) is 23.0. The third-order valence-electron chi connectivity index (χ3n) is 13.1. The first-order valence-electron chi connectivity index (χ1n) is 19.8. The van der Waals surface area contributed by atoms with E-state index in [1.165, 1.54) is 33.0 Å². The molecule has 0 amide bonds. The van der Waals surface area contributed by atoms with Gasteiger partial charge in [0.05, 0.1) is 16.6 Å². The monoisotopic (exact) mass is 627 g/mol. The predicted octanol–water partition coefficient (Wildman–Crippen LogP) is 11.2. The molecule has 7 aliphatic carbocycles. The van der Waals surface area contributed by atoms with E-state index in [0.717, 1.165) is 49.2 Å². The molecule has 2 heterocycles. The van der Waals surface area contributed by atoms with Gasteiger partial charge in [0.15, 0.2) is 11.6 Å². The second-order valence-electron chi connectivity index (χ2n) is 15.6. The highest BCUT2D eigenvalue weighted by atomic mass is 16.1. The standard InChI is InChI=1S/C45H37NO2/c1-45(2)36-8-4-6-24-5-3-7-27(39(24)36)31-19-32-30-17-28-22-9-13-25(14-10-22)43(47)33(28)20-37(30)46-38-21-34-29(18-35(38)40(41(31)45)42(32)46)23-11-15-26(16-12-23)44(34)48/h3-8,17-23,25-26H,9-16H2,1-2H3/i22D,23D,25D,26D. The second kappa shape index (κ2) is 8.55.